The molecule has 0 heterocycles. The van der Waals surface area contributed by atoms with Gasteiger partial charge in [0.25, 0.3) is 0 Å². The summed E-state index contributed by atoms with van der Waals surface area (Å²) in [5.41, 5.74) is 0.597. The second-order valence-electron chi connectivity index (χ2n) is 4.73. The second kappa shape index (κ2) is 5.70. The number of hydrogen-bond acceptors (Lipinski definition) is 3. The maximum Gasteiger partial charge on any atom is 0.573 e. The fourth-order valence-electron chi connectivity index (χ4n) is 2.00. The number of aliphatic carboxylic acids is 1. The van der Waals surface area contributed by atoms with Crippen molar-refractivity contribution in [1.82, 2.24) is 4.90 Å². The van der Waals surface area contributed by atoms with Gasteiger partial charge >= 0.3 is 12.3 Å². The first-order valence-corrected chi connectivity index (χ1v) is 6.14. The van der Waals surface area contributed by atoms with Crippen molar-refractivity contribution in [1.29, 1.82) is 0 Å². The summed E-state index contributed by atoms with van der Waals surface area (Å²) >= 11 is 0. The lowest BCUT2D eigenvalue weighted by molar-refractivity contribution is -0.274. The molecule has 4 nitrogen and oxygen atoms in total. The first kappa shape index (κ1) is 14.6. The van der Waals surface area contributed by atoms with Crippen LogP contribution in [0.5, 0.6) is 5.75 Å². The third-order valence-electron chi connectivity index (χ3n) is 2.92. The number of alkyl halides is 3. The monoisotopic (exact) mass is 289 g/mol. The van der Waals surface area contributed by atoms with Gasteiger partial charge < -0.3 is 9.84 Å². The van der Waals surface area contributed by atoms with Crippen molar-refractivity contribution < 1.29 is 27.8 Å². The Kier molecular flexibility index (Phi) is 4.17. The van der Waals surface area contributed by atoms with Crippen molar-refractivity contribution in [2.45, 2.75) is 31.8 Å². The summed E-state index contributed by atoms with van der Waals surface area (Å²) in [4.78, 5) is 12.5. The van der Waals surface area contributed by atoms with Gasteiger partial charge in [-0.3, -0.25) is 9.69 Å². The smallest absolute Gasteiger partial charge is 0.480 e. The molecule has 1 saturated carbocycles. The van der Waals surface area contributed by atoms with Crippen LogP contribution in [0.15, 0.2) is 24.3 Å². The van der Waals surface area contributed by atoms with Crippen LogP contribution >= 0.6 is 0 Å². The van der Waals surface area contributed by atoms with Gasteiger partial charge in [-0.25, -0.2) is 0 Å². The number of hydrogen-bond donors (Lipinski definition) is 1. The van der Waals surface area contributed by atoms with Gasteiger partial charge in [0.1, 0.15) is 5.75 Å². The summed E-state index contributed by atoms with van der Waals surface area (Å²) in [5.74, 6) is -1.24. The van der Waals surface area contributed by atoms with Gasteiger partial charge in [0.15, 0.2) is 0 Å². The maximum atomic E-state index is 12.1. The standard InChI is InChI=1S/C13H14F3NO3/c14-13(15,16)20-11-3-1-2-9(6-11)7-17(8-12(18)19)10-4-5-10/h1-3,6,10H,4-5,7-8H2,(H,18,19). The van der Waals surface area contributed by atoms with Crippen molar-refractivity contribution in [3.05, 3.63) is 29.8 Å². The van der Waals surface area contributed by atoms with E-state index in [1.165, 1.54) is 18.2 Å². The van der Waals surface area contributed by atoms with Crippen molar-refractivity contribution in [3.8, 4) is 5.75 Å². The summed E-state index contributed by atoms with van der Waals surface area (Å²) in [6.45, 7) is 0.182. The lowest BCUT2D eigenvalue weighted by atomic mass is 10.2. The minimum atomic E-state index is -4.73. The third kappa shape index (κ3) is 4.73. The highest BCUT2D eigenvalue weighted by atomic mass is 19.4. The molecule has 20 heavy (non-hydrogen) atoms. The molecule has 2 rings (SSSR count). The number of carbonyl (C=O) groups is 1. The fraction of sp³-hybridized carbons (Fsp3) is 0.462. The van der Waals surface area contributed by atoms with E-state index >= 15 is 0 Å². The van der Waals surface area contributed by atoms with Gasteiger partial charge in [0, 0.05) is 12.6 Å². The van der Waals surface area contributed by atoms with Crippen LogP contribution in [0, 0.1) is 0 Å². The van der Waals surface area contributed by atoms with Gasteiger partial charge in [-0.1, -0.05) is 12.1 Å². The van der Waals surface area contributed by atoms with Gasteiger partial charge in [-0.2, -0.15) is 0 Å². The topological polar surface area (TPSA) is 49.8 Å². The first-order valence-electron chi connectivity index (χ1n) is 6.14. The Morgan fingerprint density at radius 1 is 1.40 bits per heavy atom. The molecule has 110 valence electrons. The number of benzene rings is 1. The summed E-state index contributed by atoms with van der Waals surface area (Å²) in [6, 6.07) is 5.82. The zero-order valence-electron chi connectivity index (χ0n) is 10.6. The molecule has 0 spiro atoms. The maximum absolute atomic E-state index is 12.1. The normalized spacial score (nSPS) is 15.4. The highest BCUT2D eigenvalue weighted by Crippen LogP contribution is 2.29. The van der Waals surface area contributed by atoms with E-state index in [1.54, 1.807) is 11.0 Å². The molecule has 0 atom stereocenters. The van der Waals surface area contributed by atoms with Gasteiger partial charge in [0.2, 0.25) is 0 Å². The van der Waals surface area contributed by atoms with Crippen LogP contribution in [0.4, 0.5) is 13.2 Å². The Labute approximate surface area is 113 Å². The predicted molar refractivity (Wildman–Crippen MR) is 64.2 cm³/mol. The summed E-state index contributed by atoms with van der Waals surface area (Å²) in [6.07, 6.45) is -2.88. The number of halogens is 3. The number of carboxylic acid groups (broad SMARTS) is 1. The lowest BCUT2D eigenvalue weighted by Crippen LogP contribution is -2.31. The Morgan fingerprint density at radius 2 is 2.10 bits per heavy atom. The molecule has 1 aliphatic carbocycles. The zero-order chi connectivity index (χ0) is 14.8. The molecule has 0 unspecified atom stereocenters. The van der Waals surface area contributed by atoms with E-state index in [1.807, 2.05) is 0 Å². The SMILES string of the molecule is O=C(O)CN(Cc1cccc(OC(F)(F)F)c1)C1CC1. The summed E-state index contributed by atoms with van der Waals surface area (Å²) in [5, 5.41) is 8.83. The Bertz CT molecular complexity index is 486. The number of carboxylic acids is 1. The van der Waals surface area contributed by atoms with E-state index in [-0.39, 0.29) is 18.3 Å². The minimum absolute atomic E-state index is 0.116. The van der Waals surface area contributed by atoms with Crippen LogP contribution < -0.4 is 4.74 Å². The van der Waals surface area contributed by atoms with E-state index in [0.29, 0.717) is 12.1 Å². The van der Waals surface area contributed by atoms with Crippen LogP contribution in [0.2, 0.25) is 0 Å². The highest BCUT2D eigenvalue weighted by molar-refractivity contribution is 5.69. The quantitative estimate of drug-likeness (QED) is 0.874. The lowest BCUT2D eigenvalue weighted by Gasteiger charge is -2.20. The third-order valence-corrected chi connectivity index (χ3v) is 2.92. The minimum Gasteiger partial charge on any atom is -0.480 e. The van der Waals surface area contributed by atoms with E-state index in [4.69, 9.17) is 5.11 Å². The fourth-order valence-corrected chi connectivity index (χ4v) is 2.00. The molecule has 1 N–H and O–H groups in total. The predicted octanol–water partition coefficient (Wildman–Crippen LogP) is 2.63. The van der Waals surface area contributed by atoms with Crippen LogP contribution in [-0.4, -0.2) is 34.9 Å². The summed E-state index contributed by atoms with van der Waals surface area (Å²) in [7, 11) is 0. The van der Waals surface area contributed by atoms with Crippen molar-refractivity contribution >= 4 is 5.97 Å². The molecule has 1 fully saturated rings. The Morgan fingerprint density at radius 3 is 2.65 bits per heavy atom. The molecule has 7 heteroatoms. The molecule has 1 aromatic carbocycles. The zero-order valence-corrected chi connectivity index (χ0v) is 10.6. The first-order chi connectivity index (χ1) is 9.33. The van der Waals surface area contributed by atoms with Crippen molar-refractivity contribution in [2.24, 2.45) is 0 Å². The van der Waals surface area contributed by atoms with E-state index in [2.05, 4.69) is 4.74 Å². The average Bonchev–Trinajstić information content (AvgIpc) is 3.09. The second-order valence-corrected chi connectivity index (χ2v) is 4.73. The van der Waals surface area contributed by atoms with Crippen LogP contribution in [0.25, 0.3) is 0 Å². The van der Waals surface area contributed by atoms with E-state index in [9.17, 15) is 18.0 Å². The van der Waals surface area contributed by atoms with Gasteiger partial charge in [-0.15, -0.1) is 13.2 Å². The molecule has 0 amide bonds. The van der Waals surface area contributed by atoms with Crippen LogP contribution in [-0.2, 0) is 11.3 Å². The largest absolute Gasteiger partial charge is 0.573 e. The average molecular weight is 289 g/mol. The van der Waals surface area contributed by atoms with Crippen molar-refractivity contribution in [2.75, 3.05) is 6.54 Å². The molecule has 0 bridgehead atoms. The summed E-state index contributed by atoms with van der Waals surface area (Å²) < 4.78 is 40.3. The molecule has 0 saturated heterocycles. The molecule has 0 aliphatic heterocycles. The molecule has 1 aromatic rings. The van der Waals surface area contributed by atoms with Crippen molar-refractivity contribution in [3.63, 3.8) is 0 Å². The molecule has 1 aliphatic rings. The van der Waals surface area contributed by atoms with Crippen LogP contribution in [0.3, 0.4) is 0 Å². The molecular formula is C13H14F3NO3. The number of nitrogens with zero attached hydrogens (tertiary/aromatic N) is 1. The Hall–Kier alpha value is -1.76. The molecule has 0 aromatic heterocycles. The number of ether oxygens (including phenoxy) is 1. The van der Waals surface area contributed by atoms with Gasteiger partial charge in [-0.05, 0) is 30.5 Å². The van der Waals surface area contributed by atoms with E-state index < -0.39 is 12.3 Å². The Balaban J connectivity index is 2.04. The number of rotatable bonds is 6. The highest BCUT2D eigenvalue weighted by Gasteiger charge is 2.32. The van der Waals surface area contributed by atoms with Gasteiger partial charge in [0.05, 0.1) is 6.54 Å². The van der Waals surface area contributed by atoms with E-state index in [0.717, 1.165) is 12.8 Å². The van der Waals surface area contributed by atoms with Crippen LogP contribution in [0.1, 0.15) is 18.4 Å². The molecular weight excluding hydrogens is 275 g/mol. The molecule has 0 radical (unpaired) electrons.